The summed E-state index contributed by atoms with van der Waals surface area (Å²) in [6, 6.07) is 14.2. The van der Waals surface area contributed by atoms with Crippen LogP contribution in [0, 0.1) is 6.92 Å². The summed E-state index contributed by atoms with van der Waals surface area (Å²) in [6.45, 7) is 6.21. The molecule has 0 bridgehead atoms. The number of hydrogen-bond donors (Lipinski definition) is 0. The molecule has 11 heteroatoms. The maximum absolute atomic E-state index is 13.9. The van der Waals surface area contributed by atoms with Gasteiger partial charge >= 0.3 is 0 Å². The highest BCUT2D eigenvalue weighted by molar-refractivity contribution is 6.36. The Morgan fingerprint density at radius 2 is 1.69 bits per heavy atom. The van der Waals surface area contributed by atoms with Gasteiger partial charge in [0.15, 0.2) is 11.5 Å². The fraction of sp³-hybridized carbons (Fsp3) is 0.419. The average molecular weight is 619 g/mol. The second-order valence-electron chi connectivity index (χ2n) is 10.1. The van der Waals surface area contributed by atoms with Crippen LogP contribution in [-0.4, -0.2) is 93.2 Å². The molecule has 42 heavy (non-hydrogen) atoms. The highest BCUT2D eigenvalue weighted by Gasteiger charge is 2.26. The van der Waals surface area contributed by atoms with E-state index in [1.807, 2.05) is 37.3 Å². The summed E-state index contributed by atoms with van der Waals surface area (Å²) >= 11 is 12.5. The van der Waals surface area contributed by atoms with Gasteiger partial charge in [0.1, 0.15) is 18.1 Å². The number of nitrogens with zero attached hydrogens (tertiary/aromatic N) is 3. The predicted molar refractivity (Wildman–Crippen MR) is 162 cm³/mol. The van der Waals surface area contributed by atoms with Gasteiger partial charge in [0.25, 0.3) is 5.91 Å². The number of aryl methyl sites for hydroxylation is 1. The van der Waals surface area contributed by atoms with Crippen LogP contribution < -0.4 is 9.47 Å². The Bertz CT molecular complexity index is 1360. The molecule has 0 spiro atoms. The van der Waals surface area contributed by atoms with Crippen molar-refractivity contribution in [3.63, 3.8) is 0 Å². The zero-order valence-electron chi connectivity index (χ0n) is 24.2. The Morgan fingerprint density at radius 1 is 0.929 bits per heavy atom. The third-order valence-electron chi connectivity index (χ3n) is 7.18. The van der Waals surface area contributed by atoms with E-state index in [-0.39, 0.29) is 29.9 Å². The van der Waals surface area contributed by atoms with Crippen molar-refractivity contribution >= 4 is 35.0 Å². The summed E-state index contributed by atoms with van der Waals surface area (Å²) in [5, 5.41) is 0.676. The molecule has 0 radical (unpaired) electrons. The number of halogens is 2. The molecule has 9 nitrogen and oxygen atoms in total. The van der Waals surface area contributed by atoms with Crippen LogP contribution in [-0.2, 0) is 22.5 Å². The van der Waals surface area contributed by atoms with Gasteiger partial charge in [0, 0.05) is 37.7 Å². The van der Waals surface area contributed by atoms with Gasteiger partial charge in [-0.25, -0.2) is 0 Å². The Morgan fingerprint density at radius 3 is 2.36 bits per heavy atom. The van der Waals surface area contributed by atoms with E-state index >= 15 is 0 Å². The molecule has 226 valence electrons. The monoisotopic (exact) mass is 617 g/mol. The van der Waals surface area contributed by atoms with Crippen molar-refractivity contribution < 1.29 is 28.2 Å². The minimum atomic E-state index is -0.327. The molecule has 2 heterocycles. The first-order chi connectivity index (χ1) is 20.3. The number of rotatable bonds is 13. The molecule has 0 saturated carbocycles. The summed E-state index contributed by atoms with van der Waals surface area (Å²) in [6.07, 6.45) is 0.566. The fourth-order valence-corrected chi connectivity index (χ4v) is 5.28. The van der Waals surface area contributed by atoms with Crippen molar-refractivity contribution in [1.29, 1.82) is 0 Å². The number of carbonyl (C=O) groups is 2. The fourth-order valence-electron chi connectivity index (χ4n) is 4.79. The van der Waals surface area contributed by atoms with Gasteiger partial charge < -0.3 is 28.4 Å². The standard InChI is InChI=1S/C31H37Cl2N3O6/c1-22-4-7-25(42-22)20-35(11-10-23-5-9-28(39-2)29(18-23)40-3)30(37)21-36(13-12-34-14-16-41-17-15-34)31(38)26-8-6-24(32)19-27(26)33/h4-9,18-19H,10-17,20-21H2,1-3H3. The first-order valence-corrected chi connectivity index (χ1v) is 14.6. The predicted octanol–water partition coefficient (Wildman–Crippen LogP) is 4.96. The average Bonchev–Trinajstić information content (AvgIpc) is 3.41. The van der Waals surface area contributed by atoms with E-state index in [0.717, 1.165) is 24.4 Å². The maximum Gasteiger partial charge on any atom is 0.255 e. The first-order valence-electron chi connectivity index (χ1n) is 13.9. The first kappa shape index (κ1) is 31.7. The van der Waals surface area contributed by atoms with Gasteiger partial charge in [-0.1, -0.05) is 29.3 Å². The molecule has 2 amide bonds. The number of morpholine rings is 1. The van der Waals surface area contributed by atoms with Crippen molar-refractivity contribution in [2.75, 3.05) is 66.7 Å². The van der Waals surface area contributed by atoms with Gasteiger partial charge in [-0.3, -0.25) is 14.5 Å². The molecule has 0 atom stereocenters. The second kappa shape index (κ2) is 15.3. The lowest BCUT2D eigenvalue weighted by Crippen LogP contribution is -2.47. The topological polar surface area (TPSA) is 84.7 Å². The summed E-state index contributed by atoms with van der Waals surface area (Å²) in [7, 11) is 3.18. The molecular formula is C31H37Cl2N3O6. The second-order valence-corrected chi connectivity index (χ2v) is 10.9. The van der Waals surface area contributed by atoms with Gasteiger partial charge in [-0.05, 0) is 61.4 Å². The van der Waals surface area contributed by atoms with Crippen LogP contribution in [0.4, 0.5) is 0 Å². The third-order valence-corrected chi connectivity index (χ3v) is 7.73. The maximum atomic E-state index is 13.9. The Balaban J connectivity index is 1.54. The van der Waals surface area contributed by atoms with E-state index in [1.54, 1.807) is 36.2 Å². The Labute approximate surface area is 256 Å². The van der Waals surface area contributed by atoms with E-state index in [1.165, 1.54) is 6.07 Å². The van der Waals surface area contributed by atoms with Crippen molar-refractivity contribution in [1.82, 2.24) is 14.7 Å². The zero-order valence-corrected chi connectivity index (χ0v) is 25.7. The summed E-state index contributed by atoms with van der Waals surface area (Å²) in [4.78, 5) is 33.1. The molecule has 0 aliphatic carbocycles. The smallest absolute Gasteiger partial charge is 0.255 e. The molecule has 4 rings (SSSR count). The molecule has 1 fully saturated rings. The van der Waals surface area contributed by atoms with Crippen molar-refractivity contribution in [3.05, 3.63) is 81.2 Å². The quantitative estimate of drug-likeness (QED) is 0.268. The van der Waals surface area contributed by atoms with E-state index in [4.69, 9.17) is 41.8 Å². The van der Waals surface area contributed by atoms with Crippen LogP contribution in [0.2, 0.25) is 10.0 Å². The lowest BCUT2D eigenvalue weighted by atomic mass is 10.1. The molecule has 1 aliphatic heterocycles. The van der Waals surface area contributed by atoms with Crippen LogP contribution in [0.3, 0.4) is 0 Å². The van der Waals surface area contributed by atoms with Gasteiger partial charge in [0.2, 0.25) is 5.91 Å². The Hall–Kier alpha value is -3.24. The van der Waals surface area contributed by atoms with Gasteiger partial charge in [-0.15, -0.1) is 0 Å². The molecular weight excluding hydrogens is 581 g/mol. The van der Waals surface area contributed by atoms with Crippen LogP contribution in [0.5, 0.6) is 11.5 Å². The summed E-state index contributed by atoms with van der Waals surface area (Å²) in [5.41, 5.74) is 1.28. The highest BCUT2D eigenvalue weighted by Crippen LogP contribution is 2.28. The van der Waals surface area contributed by atoms with Crippen LogP contribution >= 0.6 is 23.2 Å². The normalized spacial score (nSPS) is 13.5. The molecule has 1 aliphatic rings. The molecule has 2 aromatic carbocycles. The summed E-state index contributed by atoms with van der Waals surface area (Å²) in [5.74, 6) is 2.15. The third kappa shape index (κ3) is 8.64. The van der Waals surface area contributed by atoms with Crippen molar-refractivity contribution in [2.45, 2.75) is 19.9 Å². The lowest BCUT2D eigenvalue weighted by Gasteiger charge is -2.31. The number of furan rings is 1. The molecule has 3 aromatic rings. The molecule has 0 N–H and O–H groups in total. The van der Waals surface area contributed by atoms with E-state index in [0.29, 0.717) is 67.1 Å². The Kier molecular flexibility index (Phi) is 11.5. The summed E-state index contributed by atoms with van der Waals surface area (Å²) < 4.78 is 22.1. The van der Waals surface area contributed by atoms with Gasteiger partial charge in [-0.2, -0.15) is 0 Å². The number of methoxy groups -OCH3 is 2. The van der Waals surface area contributed by atoms with Gasteiger partial charge in [0.05, 0.1) is 44.6 Å². The van der Waals surface area contributed by atoms with E-state index in [9.17, 15) is 9.59 Å². The zero-order chi connectivity index (χ0) is 30.1. The minimum absolute atomic E-state index is 0.117. The number of benzene rings is 2. The SMILES string of the molecule is COc1ccc(CCN(Cc2ccc(C)o2)C(=O)CN(CCN2CCOCC2)C(=O)c2ccc(Cl)cc2Cl)cc1OC. The van der Waals surface area contributed by atoms with Crippen LogP contribution in [0.25, 0.3) is 0 Å². The number of amides is 2. The number of hydrogen-bond acceptors (Lipinski definition) is 7. The highest BCUT2D eigenvalue weighted by atomic mass is 35.5. The largest absolute Gasteiger partial charge is 0.493 e. The minimum Gasteiger partial charge on any atom is -0.493 e. The van der Waals surface area contributed by atoms with Crippen LogP contribution in [0.1, 0.15) is 27.4 Å². The lowest BCUT2D eigenvalue weighted by molar-refractivity contribution is -0.132. The van der Waals surface area contributed by atoms with Crippen LogP contribution in [0.15, 0.2) is 52.9 Å². The molecule has 1 saturated heterocycles. The van der Waals surface area contributed by atoms with Crippen molar-refractivity contribution in [2.24, 2.45) is 0 Å². The van der Waals surface area contributed by atoms with Crippen molar-refractivity contribution in [3.8, 4) is 11.5 Å². The van der Waals surface area contributed by atoms with E-state index < -0.39 is 0 Å². The number of ether oxygens (including phenoxy) is 3. The molecule has 1 aromatic heterocycles. The number of carbonyl (C=O) groups excluding carboxylic acids is 2. The van der Waals surface area contributed by atoms with E-state index in [2.05, 4.69) is 4.90 Å². The molecule has 0 unspecified atom stereocenters.